The van der Waals surface area contributed by atoms with Gasteiger partial charge in [0.15, 0.2) is 0 Å². The van der Waals surface area contributed by atoms with Crippen molar-refractivity contribution in [2.75, 3.05) is 13.2 Å². The van der Waals surface area contributed by atoms with Crippen LogP contribution in [0.25, 0.3) is 0 Å². The maximum Gasteiger partial charge on any atom is 0.305 e. The van der Waals surface area contributed by atoms with Gasteiger partial charge < -0.3 is 20.3 Å². The third kappa shape index (κ3) is 77.1. The Bertz CT molecular complexity index is 1490. The van der Waals surface area contributed by atoms with Gasteiger partial charge in [-0.25, -0.2) is 0 Å². The number of allylic oxidation sites excluding steroid dienone is 6. The first kappa shape index (κ1) is 90.1. The van der Waals surface area contributed by atoms with E-state index < -0.39 is 12.1 Å². The quantitative estimate of drug-likeness (QED) is 0.0320. The first-order valence-electron chi connectivity index (χ1n) is 42.2. The van der Waals surface area contributed by atoms with Crippen molar-refractivity contribution >= 4 is 11.9 Å². The minimum Gasteiger partial charge on any atom is -0.466 e. The van der Waals surface area contributed by atoms with Gasteiger partial charge in [-0.2, -0.15) is 0 Å². The lowest BCUT2D eigenvalue weighted by Gasteiger charge is -2.22. The van der Waals surface area contributed by atoms with Crippen LogP contribution in [0.2, 0.25) is 0 Å². The van der Waals surface area contributed by atoms with Crippen molar-refractivity contribution in [3.63, 3.8) is 0 Å². The van der Waals surface area contributed by atoms with Crippen LogP contribution in [0, 0.1) is 0 Å². The topological polar surface area (TPSA) is 95.9 Å². The molecule has 0 spiro atoms. The Morgan fingerprint density at radius 3 is 0.859 bits per heavy atom. The fourth-order valence-electron chi connectivity index (χ4n) is 13.5. The first-order chi connectivity index (χ1) is 45.5. The third-order valence-electron chi connectivity index (χ3n) is 19.9. The second-order valence-corrected chi connectivity index (χ2v) is 29.2. The summed E-state index contributed by atoms with van der Waals surface area (Å²) in [6.45, 7) is 4.97. The van der Waals surface area contributed by atoms with E-state index in [1.807, 2.05) is 0 Å². The van der Waals surface area contributed by atoms with Gasteiger partial charge in [0.1, 0.15) is 0 Å². The van der Waals surface area contributed by atoms with Crippen LogP contribution in [0.3, 0.4) is 0 Å². The molecule has 2 unspecified atom stereocenters. The Balaban J connectivity index is 3.34. The Morgan fingerprint density at radius 1 is 0.304 bits per heavy atom. The Morgan fingerprint density at radius 2 is 0.543 bits per heavy atom. The van der Waals surface area contributed by atoms with Crippen LogP contribution in [0.5, 0.6) is 0 Å². The first-order valence-corrected chi connectivity index (χ1v) is 42.2. The molecule has 6 heteroatoms. The number of carbonyl (C=O) groups excluding carboxylic acids is 2. The number of hydrogen-bond acceptors (Lipinski definition) is 5. The molecule has 0 heterocycles. The van der Waals surface area contributed by atoms with Crippen LogP contribution in [0.15, 0.2) is 36.5 Å². The Kier molecular flexibility index (Phi) is 79.8. The molecule has 0 radical (unpaired) electrons. The Labute approximate surface area is 576 Å². The number of ether oxygens (including phenoxy) is 1. The molecule has 0 saturated heterocycles. The summed E-state index contributed by atoms with van der Waals surface area (Å²) in [4.78, 5) is 24.7. The second kappa shape index (κ2) is 81.5. The van der Waals surface area contributed by atoms with Crippen LogP contribution in [-0.2, 0) is 14.3 Å². The molecule has 0 rings (SSSR count). The van der Waals surface area contributed by atoms with Gasteiger partial charge in [0, 0.05) is 12.8 Å². The lowest BCUT2D eigenvalue weighted by Crippen LogP contribution is -2.45. The highest BCUT2D eigenvalue weighted by Gasteiger charge is 2.20. The standard InChI is InChI=1S/C86H165NO5/c1-3-5-7-9-11-13-15-17-19-20-21-22-38-41-44-47-51-54-58-62-66-70-74-78-84(89)83(82-88)87-85(90)79-75-71-67-63-59-55-52-48-45-42-39-36-34-32-30-28-26-24-23-25-27-29-31-33-35-37-40-43-46-49-53-57-61-65-69-73-77-81-92-86(91)80-76-72-68-64-60-56-50-18-16-14-12-10-8-6-4-2/h12,14,18,23,25,50,83-84,88-89H,3-11,13,15-17,19-22,24,26-49,51-82H2,1-2H3,(H,87,90)/b14-12-,25-23-,50-18-. The van der Waals surface area contributed by atoms with E-state index in [0.29, 0.717) is 25.9 Å². The molecule has 3 N–H and O–H groups in total. The molecule has 0 aromatic carbocycles. The van der Waals surface area contributed by atoms with E-state index in [9.17, 15) is 19.8 Å². The molecular weight excluding hydrogens is 1130 g/mol. The fraction of sp³-hybridized carbons (Fsp3) is 0.907. The molecular formula is C86H165NO5. The maximum atomic E-state index is 12.6. The number of hydrogen-bond donors (Lipinski definition) is 3. The largest absolute Gasteiger partial charge is 0.466 e. The van der Waals surface area contributed by atoms with Crippen molar-refractivity contribution in [2.24, 2.45) is 0 Å². The molecule has 0 aromatic heterocycles. The molecule has 0 fully saturated rings. The van der Waals surface area contributed by atoms with Crippen LogP contribution < -0.4 is 5.32 Å². The predicted octanol–water partition coefficient (Wildman–Crippen LogP) is 28.2. The molecule has 0 aliphatic carbocycles. The monoisotopic (exact) mass is 1290 g/mol. The highest BCUT2D eigenvalue weighted by molar-refractivity contribution is 5.76. The summed E-state index contributed by atoms with van der Waals surface area (Å²) in [5.74, 6) is -0.0171. The number of amides is 1. The number of aliphatic hydroxyl groups excluding tert-OH is 2. The average molecular weight is 1290 g/mol. The summed E-state index contributed by atoms with van der Waals surface area (Å²) in [7, 11) is 0. The van der Waals surface area contributed by atoms with Crippen LogP contribution in [0.1, 0.15) is 476 Å². The lowest BCUT2D eigenvalue weighted by atomic mass is 10.0. The normalized spacial score (nSPS) is 12.6. The molecule has 6 nitrogen and oxygen atoms in total. The van der Waals surface area contributed by atoms with Crippen molar-refractivity contribution in [3.8, 4) is 0 Å². The molecule has 0 aromatic rings. The maximum absolute atomic E-state index is 12.6. The molecule has 0 aliphatic rings. The average Bonchev–Trinajstić information content (AvgIpc) is 3.62. The highest BCUT2D eigenvalue weighted by atomic mass is 16.5. The molecule has 0 aliphatic heterocycles. The lowest BCUT2D eigenvalue weighted by molar-refractivity contribution is -0.143. The number of aliphatic hydroxyl groups is 2. The van der Waals surface area contributed by atoms with Gasteiger partial charge >= 0.3 is 5.97 Å². The summed E-state index contributed by atoms with van der Waals surface area (Å²) in [6, 6.07) is -0.540. The molecule has 92 heavy (non-hydrogen) atoms. The van der Waals surface area contributed by atoms with Gasteiger partial charge in [0.2, 0.25) is 5.91 Å². The number of unbranched alkanes of at least 4 members (excludes halogenated alkanes) is 63. The van der Waals surface area contributed by atoms with Crippen LogP contribution >= 0.6 is 0 Å². The van der Waals surface area contributed by atoms with Crippen molar-refractivity contribution < 1.29 is 24.5 Å². The zero-order valence-electron chi connectivity index (χ0n) is 62.6. The smallest absolute Gasteiger partial charge is 0.305 e. The Hall–Kier alpha value is -1.92. The van der Waals surface area contributed by atoms with Gasteiger partial charge in [-0.3, -0.25) is 9.59 Å². The minimum atomic E-state index is -0.663. The van der Waals surface area contributed by atoms with Crippen LogP contribution in [0.4, 0.5) is 0 Å². The van der Waals surface area contributed by atoms with Crippen molar-refractivity contribution in [1.29, 1.82) is 0 Å². The van der Waals surface area contributed by atoms with Crippen LogP contribution in [-0.4, -0.2) is 47.4 Å². The summed E-state index contributed by atoms with van der Waals surface area (Å²) in [5, 5.41) is 23.5. The summed E-state index contributed by atoms with van der Waals surface area (Å²) in [5.41, 5.74) is 0. The highest BCUT2D eigenvalue weighted by Crippen LogP contribution is 2.20. The number of rotatable bonds is 80. The second-order valence-electron chi connectivity index (χ2n) is 29.2. The van der Waals surface area contributed by atoms with Gasteiger partial charge in [0.05, 0.1) is 25.4 Å². The number of esters is 1. The van der Waals surface area contributed by atoms with Crippen molar-refractivity contribution in [1.82, 2.24) is 5.32 Å². The molecule has 0 saturated carbocycles. The number of carbonyl (C=O) groups is 2. The predicted molar refractivity (Wildman–Crippen MR) is 407 cm³/mol. The number of nitrogens with one attached hydrogen (secondary N) is 1. The fourth-order valence-corrected chi connectivity index (χ4v) is 13.5. The SMILES string of the molecule is CCCCC/C=C\C/C=C\CCCCCCCC(=O)OCCCCCCCCCCCCCCCCCC/C=C\CCCCCCCCCCCCCCCCCCCC(=O)NC(CO)C(O)CCCCCCCCCCCCCCCCCCCCCCCCC. The van der Waals surface area contributed by atoms with E-state index in [2.05, 4.69) is 55.6 Å². The van der Waals surface area contributed by atoms with E-state index in [0.717, 1.165) is 51.4 Å². The van der Waals surface area contributed by atoms with E-state index in [1.165, 1.54) is 392 Å². The third-order valence-corrected chi connectivity index (χ3v) is 19.9. The molecule has 544 valence electrons. The van der Waals surface area contributed by atoms with E-state index in [4.69, 9.17) is 4.74 Å². The minimum absolute atomic E-state index is 0.00816. The van der Waals surface area contributed by atoms with E-state index in [1.54, 1.807) is 0 Å². The summed E-state index contributed by atoms with van der Waals surface area (Å²) >= 11 is 0. The van der Waals surface area contributed by atoms with E-state index >= 15 is 0 Å². The van der Waals surface area contributed by atoms with Crippen molar-refractivity contribution in [2.45, 2.75) is 488 Å². The van der Waals surface area contributed by atoms with Gasteiger partial charge in [-0.05, 0) is 83.5 Å². The van der Waals surface area contributed by atoms with Crippen molar-refractivity contribution in [3.05, 3.63) is 36.5 Å². The molecule has 1 amide bonds. The van der Waals surface area contributed by atoms with E-state index in [-0.39, 0.29) is 18.5 Å². The van der Waals surface area contributed by atoms with Gasteiger partial charge in [0.25, 0.3) is 0 Å². The van der Waals surface area contributed by atoms with Gasteiger partial charge in [-0.15, -0.1) is 0 Å². The zero-order chi connectivity index (χ0) is 66.3. The zero-order valence-corrected chi connectivity index (χ0v) is 62.6. The molecule has 0 bridgehead atoms. The molecule has 2 atom stereocenters. The summed E-state index contributed by atoms with van der Waals surface area (Å²) < 4.78 is 5.50. The van der Waals surface area contributed by atoms with Gasteiger partial charge in [-0.1, -0.05) is 416 Å². The summed E-state index contributed by atoms with van der Waals surface area (Å²) in [6.07, 6.45) is 107.